The molecule has 0 amide bonds. The van der Waals surface area contributed by atoms with E-state index >= 15 is 0 Å². The first-order valence-electron chi connectivity index (χ1n) is 11.8. The fraction of sp³-hybridized carbons (Fsp3) is 0.500. The third-order valence-electron chi connectivity index (χ3n) is 5.82. The molecule has 0 atom stereocenters. The average molecular weight is 521 g/mol. The fourth-order valence-corrected chi connectivity index (χ4v) is 3.91. The van der Waals surface area contributed by atoms with Crippen LogP contribution in [-0.4, -0.2) is 89.9 Å². The highest BCUT2D eigenvalue weighted by Crippen LogP contribution is 2.33. The minimum absolute atomic E-state index is 0.0506. The number of anilines is 2. The highest BCUT2D eigenvalue weighted by Gasteiger charge is 2.19. The number of benzene rings is 2. The number of rotatable bonds is 6. The molecule has 1 saturated heterocycles. The molecule has 1 fully saturated rings. The first kappa shape index (κ1) is 27.9. The van der Waals surface area contributed by atoms with Crippen LogP contribution in [0, 0.1) is 20.2 Å². The monoisotopic (exact) mass is 520 g/mol. The van der Waals surface area contributed by atoms with Gasteiger partial charge in [0.2, 0.25) is 0 Å². The average Bonchev–Trinajstić information content (AvgIpc) is 2.91. The summed E-state index contributed by atoms with van der Waals surface area (Å²) >= 11 is 0. The Morgan fingerprint density at radius 1 is 0.649 bits per heavy atom. The molecule has 37 heavy (non-hydrogen) atoms. The molecule has 202 valence electrons. The number of nitro benzene ring substituents is 2. The Morgan fingerprint density at radius 2 is 1.00 bits per heavy atom. The molecule has 13 nitrogen and oxygen atoms in total. The van der Waals surface area contributed by atoms with Gasteiger partial charge in [-0.25, -0.2) is 0 Å². The summed E-state index contributed by atoms with van der Waals surface area (Å²) in [6.45, 7) is 4.53. The maximum atomic E-state index is 11.2. The molecule has 0 radical (unpaired) electrons. The number of methoxy groups -OCH3 is 2. The van der Waals surface area contributed by atoms with E-state index in [1.54, 1.807) is 12.1 Å². The lowest BCUT2D eigenvalue weighted by atomic mass is 10.2. The number of hydrogen-bond donors (Lipinski definition) is 0. The Hall–Kier alpha value is -3.68. The standard InChI is InChI=1S/C24H32N4O9/c1-33-23-17-19(27(29)30)3-5-21(23)25-7-11-35-12-8-26(10-14-37-16-15-36-13-9-25)22-6-4-20(28(31)32)18-24(22)34-2/h3-6,17-18H,7-16H2,1-2H3. The van der Waals surface area contributed by atoms with Crippen molar-refractivity contribution >= 4 is 22.7 Å². The van der Waals surface area contributed by atoms with Gasteiger partial charge >= 0.3 is 0 Å². The Balaban J connectivity index is 1.72. The van der Waals surface area contributed by atoms with Gasteiger partial charge in [-0.1, -0.05) is 0 Å². The number of hydrogen-bond acceptors (Lipinski definition) is 11. The lowest BCUT2D eigenvalue weighted by Gasteiger charge is -2.27. The van der Waals surface area contributed by atoms with Gasteiger partial charge in [-0.05, 0) is 12.1 Å². The van der Waals surface area contributed by atoms with E-state index in [4.69, 9.17) is 23.7 Å². The zero-order valence-electron chi connectivity index (χ0n) is 21.0. The van der Waals surface area contributed by atoms with Crippen LogP contribution < -0.4 is 19.3 Å². The summed E-state index contributed by atoms with van der Waals surface area (Å²) < 4.78 is 28.2. The molecule has 0 saturated carbocycles. The second-order valence-corrected chi connectivity index (χ2v) is 8.04. The van der Waals surface area contributed by atoms with Gasteiger partial charge in [0, 0.05) is 38.3 Å². The van der Waals surface area contributed by atoms with Crippen LogP contribution in [0.25, 0.3) is 0 Å². The van der Waals surface area contributed by atoms with Gasteiger partial charge < -0.3 is 33.5 Å². The molecule has 0 aliphatic carbocycles. The Kier molecular flexibility index (Phi) is 10.7. The molecular weight excluding hydrogens is 488 g/mol. The molecule has 13 heteroatoms. The van der Waals surface area contributed by atoms with Crippen molar-refractivity contribution in [2.75, 3.05) is 89.8 Å². The van der Waals surface area contributed by atoms with Crippen LogP contribution in [0.2, 0.25) is 0 Å². The highest BCUT2D eigenvalue weighted by atomic mass is 16.6. The van der Waals surface area contributed by atoms with Gasteiger partial charge in [-0.3, -0.25) is 20.2 Å². The van der Waals surface area contributed by atoms with E-state index in [2.05, 4.69) is 0 Å². The van der Waals surface area contributed by atoms with Crippen molar-refractivity contribution in [3.05, 3.63) is 56.6 Å². The molecular formula is C24H32N4O9. The minimum Gasteiger partial charge on any atom is -0.494 e. The van der Waals surface area contributed by atoms with E-state index in [0.717, 1.165) is 0 Å². The first-order valence-corrected chi connectivity index (χ1v) is 11.8. The summed E-state index contributed by atoms with van der Waals surface area (Å²) in [5, 5.41) is 22.3. The van der Waals surface area contributed by atoms with Crippen LogP contribution in [0.5, 0.6) is 11.5 Å². The molecule has 0 N–H and O–H groups in total. The molecule has 2 aromatic rings. The Labute approximate surface area is 214 Å². The van der Waals surface area contributed by atoms with E-state index in [1.165, 1.54) is 38.5 Å². The minimum atomic E-state index is -0.462. The van der Waals surface area contributed by atoms with Crippen molar-refractivity contribution in [1.82, 2.24) is 0 Å². The second kappa shape index (κ2) is 14.2. The van der Waals surface area contributed by atoms with Crippen LogP contribution in [0.15, 0.2) is 36.4 Å². The van der Waals surface area contributed by atoms with Crippen molar-refractivity contribution in [3.63, 3.8) is 0 Å². The van der Waals surface area contributed by atoms with Crippen LogP contribution in [0.4, 0.5) is 22.7 Å². The fourth-order valence-electron chi connectivity index (χ4n) is 3.91. The summed E-state index contributed by atoms with van der Waals surface area (Å²) in [5.41, 5.74) is 1.31. The van der Waals surface area contributed by atoms with Crippen molar-refractivity contribution < 1.29 is 33.5 Å². The van der Waals surface area contributed by atoms with E-state index in [0.29, 0.717) is 88.7 Å². The summed E-state index contributed by atoms with van der Waals surface area (Å²) in [7, 11) is 2.95. The molecule has 0 unspecified atom stereocenters. The number of nitrogens with zero attached hydrogens (tertiary/aromatic N) is 4. The zero-order valence-corrected chi connectivity index (χ0v) is 21.0. The predicted molar refractivity (Wildman–Crippen MR) is 136 cm³/mol. The third-order valence-corrected chi connectivity index (χ3v) is 5.82. The van der Waals surface area contributed by atoms with Crippen LogP contribution in [0.1, 0.15) is 0 Å². The van der Waals surface area contributed by atoms with Gasteiger partial charge in [0.25, 0.3) is 11.4 Å². The van der Waals surface area contributed by atoms with Crippen LogP contribution >= 0.6 is 0 Å². The van der Waals surface area contributed by atoms with E-state index < -0.39 is 9.85 Å². The topological polar surface area (TPSA) is 139 Å². The predicted octanol–water partition coefficient (Wildman–Crippen LogP) is 2.90. The molecule has 1 aliphatic rings. The van der Waals surface area contributed by atoms with Crippen LogP contribution in [0.3, 0.4) is 0 Å². The van der Waals surface area contributed by atoms with Gasteiger partial charge in [0.05, 0.1) is 87.2 Å². The lowest BCUT2D eigenvalue weighted by molar-refractivity contribution is -0.385. The van der Waals surface area contributed by atoms with Crippen LogP contribution in [-0.2, 0) is 14.2 Å². The summed E-state index contributed by atoms with van der Waals surface area (Å²) in [4.78, 5) is 25.4. The maximum Gasteiger partial charge on any atom is 0.273 e. The van der Waals surface area contributed by atoms with Gasteiger partial charge in [-0.15, -0.1) is 0 Å². The van der Waals surface area contributed by atoms with E-state index in [-0.39, 0.29) is 11.4 Å². The summed E-state index contributed by atoms with van der Waals surface area (Å²) in [5.74, 6) is 0.791. The molecule has 1 heterocycles. The quantitative estimate of drug-likeness (QED) is 0.410. The SMILES string of the molecule is COc1cc([N+](=O)[O-])ccc1N1CCOCCOCCN(c2ccc([N+](=O)[O-])cc2OC)CCOCC1. The molecule has 1 aliphatic heterocycles. The number of nitro groups is 2. The van der Waals surface area contributed by atoms with E-state index in [9.17, 15) is 20.2 Å². The first-order chi connectivity index (χ1) is 17.9. The summed E-state index contributed by atoms with van der Waals surface area (Å²) in [6.07, 6.45) is 0. The van der Waals surface area contributed by atoms with Crippen molar-refractivity contribution in [1.29, 1.82) is 0 Å². The molecule has 0 bridgehead atoms. The van der Waals surface area contributed by atoms with Gasteiger partial charge in [-0.2, -0.15) is 0 Å². The Morgan fingerprint density at radius 3 is 1.32 bits per heavy atom. The summed E-state index contributed by atoms with van der Waals surface area (Å²) in [6, 6.07) is 9.01. The Bertz CT molecular complexity index is 971. The van der Waals surface area contributed by atoms with Gasteiger partial charge in [0.15, 0.2) is 0 Å². The highest BCUT2D eigenvalue weighted by molar-refractivity contribution is 5.63. The van der Waals surface area contributed by atoms with Crippen molar-refractivity contribution in [2.24, 2.45) is 0 Å². The largest absolute Gasteiger partial charge is 0.494 e. The second-order valence-electron chi connectivity index (χ2n) is 8.04. The van der Waals surface area contributed by atoms with Gasteiger partial charge in [0.1, 0.15) is 11.5 Å². The molecule has 0 spiro atoms. The molecule has 3 rings (SSSR count). The van der Waals surface area contributed by atoms with Crippen molar-refractivity contribution in [3.8, 4) is 11.5 Å². The lowest BCUT2D eigenvalue weighted by Crippen LogP contribution is -2.33. The molecule has 2 aromatic carbocycles. The smallest absolute Gasteiger partial charge is 0.273 e. The molecule has 0 aromatic heterocycles. The zero-order chi connectivity index (χ0) is 26.6. The number of non-ortho nitro benzene ring substituents is 2. The van der Waals surface area contributed by atoms with Crippen molar-refractivity contribution in [2.45, 2.75) is 0 Å². The third kappa shape index (κ3) is 7.90. The normalized spacial score (nSPS) is 16.4. The maximum absolute atomic E-state index is 11.2. The van der Waals surface area contributed by atoms with E-state index in [1.807, 2.05) is 9.80 Å². The number of ether oxygens (including phenoxy) is 5.